The summed E-state index contributed by atoms with van der Waals surface area (Å²) in [7, 11) is 0. The molecule has 0 radical (unpaired) electrons. The first-order valence-corrected chi connectivity index (χ1v) is 10.3. The molecule has 2 bridgehead atoms. The van der Waals surface area contributed by atoms with Crippen molar-refractivity contribution in [1.29, 1.82) is 0 Å². The Labute approximate surface area is 156 Å². The minimum Gasteiger partial charge on any atom is -0.249 e. The fourth-order valence-corrected chi connectivity index (χ4v) is 6.75. The second-order valence-corrected chi connectivity index (χ2v) is 8.51. The first-order valence-electron chi connectivity index (χ1n) is 7.26. The number of halogens is 4. The van der Waals surface area contributed by atoms with Gasteiger partial charge in [0.15, 0.2) is 0 Å². The molecule has 4 rings (SSSR count). The lowest BCUT2D eigenvalue weighted by molar-refractivity contribution is 0.243. The zero-order valence-corrected chi connectivity index (χ0v) is 16.7. The van der Waals surface area contributed by atoms with Gasteiger partial charge in [-0.05, 0) is 30.4 Å². The number of alkyl halides is 2. The quantitative estimate of drug-likeness (QED) is 0.520. The van der Waals surface area contributed by atoms with Gasteiger partial charge in [0, 0.05) is 22.0 Å². The van der Waals surface area contributed by atoms with E-state index in [2.05, 4.69) is 38.8 Å². The molecule has 0 aliphatic heterocycles. The molecule has 2 aromatic rings. The summed E-state index contributed by atoms with van der Waals surface area (Å²) in [6.45, 7) is 2.36. The lowest BCUT2D eigenvalue weighted by Crippen LogP contribution is -2.40. The van der Waals surface area contributed by atoms with E-state index in [9.17, 15) is 0 Å². The van der Waals surface area contributed by atoms with E-state index in [4.69, 9.17) is 33.2 Å². The number of hydrogen-bond donors (Lipinski definition) is 0. The summed E-state index contributed by atoms with van der Waals surface area (Å²) in [6, 6.07) is 3.65. The van der Waals surface area contributed by atoms with E-state index in [-0.39, 0.29) is 10.8 Å². The third kappa shape index (κ3) is 1.73. The molecule has 0 amide bonds. The highest BCUT2D eigenvalue weighted by molar-refractivity contribution is 9.09. The summed E-state index contributed by atoms with van der Waals surface area (Å²) in [6.07, 6.45) is 2.32. The van der Waals surface area contributed by atoms with Crippen LogP contribution < -0.4 is 0 Å². The maximum absolute atomic E-state index is 6.15. The molecule has 2 aliphatic carbocycles. The molecule has 1 fully saturated rings. The number of fused-ring (bicyclic) bond motifs is 6. The van der Waals surface area contributed by atoms with Gasteiger partial charge >= 0.3 is 0 Å². The van der Waals surface area contributed by atoms with Crippen molar-refractivity contribution in [3.8, 4) is 0 Å². The molecule has 0 saturated heterocycles. The standard InChI is InChI=1S/C16H14Br2Cl2N2/c1-15(6-17)8-2-3-16(15,7-18)14-13(8)21-11-4-9(19)10(20)5-12(11)22-14/h4-5,8H,2-3,6-7H2,1H3/t8-,15-,16+/m1/s1. The minimum absolute atomic E-state index is 0.0454. The Kier molecular flexibility index (Phi) is 3.58. The zero-order chi connectivity index (χ0) is 15.7. The molecule has 1 aromatic carbocycles. The summed E-state index contributed by atoms with van der Waals surface area (Å²) in [5.74, 6) is 0.450. The van der Waals surface area contributed by atoms with E-state index < -0.39 is 0 Å². The van der Waals surface area contributed by atoms with Crippen molar-refractivity contribution in [2.24, 2.45) is 5.41 Å². The van der Waals surface area contributed by atoms with Crippen molar-refractivity contribution in [2.45, 2.75) is 31.1 Å². The van der Waals surface area contributed by atoms with Gasteiger partial charge in [0.2, 0.25) is 0 Å². The average molecular weight is 465 g/mol. The van der Waals surface area contributed by atoms with Crippen molar-refractivity contribution in [3.05, 3.63) is 33.6 Å². The van der Waals surface area contributed by atoms with Crippen LogP contribution in [-0.2, 0) is 5.41 Å². The van der Waals surface area contributed by atoms with E-state index in [0.717, 1.165) is 39.5 Å². The molecule has 0 N–H and O–H groups in total. The molecule has 0 spiro atoms. The molecule has 6 heteroatoms. The third-order valence-corrected chi connectivity index (χ3v) is 8.59. The summed E-state index contributed by atoms with van der Waals surface area (Å²) in [5.41, 5.74) is 4.15. The first kappa shape index (κ1) is 15.6. The van der Waals surface area contributed by atoms with Crippen LogP contribution in [0, 0.1) is 5.41 Å². The van der Waals surface area contributed by atoms with Crippen molar-refractivity contribution < 1.29 is 0 Å². The lowest BCUT2D eigenvalue weighted by Gasteiger charge is -2.38. The van der Waals surface area contributed by atoms with Crippen LogP contribution in [0.15, 0.2) is 12.1 Å². The van der Waals surface area contributed by atoms with Crippen molar-refractivity contribution in [1.82, 2.24) is 9.97 Å². The Balaban J connectivity index is 2.04. The van der Waals surface area contributed by atoms with Gasteiger partial charge in [-0.25, -0.2) is 9.97 Å². The Morgan fingerprint density at radius 1 is 1.14 bits per heavy atom. The van der Waals surface area contributed by atoms with Crippen LogP contribution in [0.2, 0.25) is 10.0 Å². The molecule has 1 saturated carbocycles. The van der Waals surface area contributed by atoms with Crippen LogP contribution >= 0.6 is 55.1 Å². The Bertz CT molecular complexity index is 797. The second kappa shape index (κ2) is 5.05. The molecule has 2 aliphatic rings. The molecule has 0 unspecified atom stereocenters. The topological polar surface area (TPSA) is 25.8 Å². The van der Waals surface area contributed by atoms with Crippen molar-refractivity contribution >= 4 is 66.1 Å². The fraction of sp³-hybridized carbons (Fsp3) is 0.500. The molecule has 22 heavy (non-hydrogen) atoms. The fourth-order valence-electron chi connectivity index (χ4n) is 4.32. The van der Waals surface area contributed by atoms with Crippen LogP contribution in [0.1, 0.15) is 37.1 Å². The van der Waals surface area contributed by atoms with E-state index in [1.54, 1.807) is 0 Å². The molecule has 1 aromatic heterocycles. The molecule has 2 nitrogen and oxygen atoms in total. The molecular weight excluding hydrogens is 451 g/mol. The number of nitrogens with zero attached hydrogens (tertiary/aromatic N) is 2. The smallest absolute Gasteiger partial charge is 0.0906 e. The van der Waals surface area contributed by atoms with Gasteiger partial charge in [-0.3, -0.25) is 0 Å². The molecule has 1 heterocycles. The van der Waals surface area contributed by atoms with Crippen LogP contribution in [0.5, 0.6) is 0 Å². The monoisotopic (exact) mass is 462 g/mol. The van der Waals surface area contributed by atoms with Crippen LogP contribution in [0.3, 0.4) is 0 Å². The molecule has 116 valence electrons. The second-order valence-electron chi connectivity index (χ2n) is 6.57. The number of rotatable bonds is 2. The summed E-state index contributed by atoms with van der Waals surface area (Å²) in [5, 5.41) is 2.92. The highest BCUT2D eigenvalue weighted by atomic mass is 79.9. The number of benzene rings is 1. The maximum Gasteiger partial charge on any atom is 0.0906 e. The largest absolute Gasteiger partial charge is 0.249 e. The van der Waals surface area contributed by atoms with E-state index >= 15 is 0 Å². The van der Waals surface area contributed by atoms with Crippen LogP contribution in [-0.4, -0.2) is 20.6 Å². The Morgan fingerprint density at radius 3 is 2.36 bits per heavy atom. The minimum atomic E-state index is 0.0454. The van der Waals surface area contributed by atoms with Gasteiger partial charge in [-0.2, -0.15) is 0 Å². The molecule has 3 atom stereocenters. The Morgan fingerprint density at radius 2 is 1.77 bits per heavy atom. The zero-order valence-electron chi connectivity index (χ0n) is 12.0. The predicted octanol–water partition coefficient (Wildman–Crippen LogP) is 5.86. The van der Waals surface area contributed by atoms with E-state index in [1.807, 2.05) is 12.1 Å². The van der Waals surface area contributed by atoms with Gasteiger partial charge in [-0.1, -0.05) is 62.0 Å². The first-order chi connectivity index (χ1) is 10.5. The van der Waals surface area contributed by atoms with Crippen LogP contribution in [0.4, 0.5) is 0 Å². The highest BCUT2D eigenvalue weighted by Gasteiger charge is 2.65. The number of hydrogen-bond acceptors (Lipinski definition) is 2. The number of aromatic nitrogens is 2. The lowest BCUT2D eigenvalue weighted by atomic mass is 9.70. The van der Waals surface area contributed by atoms with Gasteiger partial charge in [-0.15, -0.1) is 0 Å². The van der Waals surface area contributed by atoms with Crippen LogP contribution in [0.25, 0.3) is 11.0 Å². The van der Waals surface area contributed by atoms with E-state index in [0.29, 0.717) is 16.0 Å². The summed E-state index contributed by atoms with van der Waals surface area (Å²) in [4.78, 5) is 9.90. The average Bonchev–Trinajstić information content (AvgIpc) is 2.91. The SMILES string of the molecule is C[C@@]1(CBr)[C@@H]2CC[C@]1(CBr)c1nc3cc(Cl)c(Cl)cc3nc12. The Hall–Kier alpha value is 0.1000. The van der Waals surface area contributed by atoms with Gasteiger partial charge in [0.1, 0.15) is 0 Å². The van der Waals surface area contributed by atoms with Gasteiger partial charge in [0.05, 0.1) is 32.5 Å². The van der Waals surface area contributed by atoms with Crippen molar-refractivity contribution in [3.63, 3.8) is 0 Å². The van der Waals surface area contributed by atoms with E-state index in [1.165, 1.54) is 6.42 Å². The van der Waals surface area contributed by atoms with Crippen molar-refractivity contribution in [2.75, 3.05) is 10.7 Å². The molecular formula is C16H14Br2Cl2N2. The van der Waals surface area contributed by atoms with Gasteiger partial charge in [0.25, 0.3) is 0 Å². The maximum atomic E-state index is 6.15. The summed E-state index contributed by atoms with van der Waals surface area (Å²) < 4.78 is 0. The highest BCUT2D eigenvalue weighted by Crippen LogP contribution is 2.68. The predicted molar refractivity (Wildman–Crippen MR) is 98.9 cm³/mol. The summed E-state index contributed by atoms with van der Waals surface area (Å²) >= 11 is 19.8. The normalized spacial score (nSPS) is 32.7. The van der Waals surface area contributed by atoms with Gasteiger partial charge < -0.3 is 0 Å². The third-order valence-electron chi connectivity index (χ3n) is 5.74.